The molecule has 0 aliphatic carbocycles. The van der Waals surface area contributed by atoms with Gasteiger partial charge in [0, 0.05) is 19.3 Å². The standard InChI is InChI=1S/C57H106O16P2/c1-4-7-10-13-16-19-22-25-28-31-34-37-40-43-55(60)67-46-52(58)47-69-74(63,64)70-48-53(59)49-71-75(65,66)72-51-54(73-57(62)45-42-39-36-33-30-27-24-21-18-15-12-9-6-3)50-68-56(61)44-41-38-35-32-29-26-23-20-17-14-11-8-5-2/h19-24,52-54,58-59H,4-18,25-51H2,1-3H3,(H,63,64)(H,65,66)/b22-19-,23-20-,24-21-. The molecule has 0 rings (SSSR count). The summed E-state index contributed by atoms with van der Waals surface area (Å²) < 4.78 is 60.5. The third-order valence-corrected chi connectivity index (χ3v) is 14.2. The molecule has 5 atom stereocenters. The summed E-state index contributed by atoms with van der Waals surface area (Å²) in [6.45, 7) is 2.58. The molecule has 16 nitrogen and oxygen atoms in total. The third kappa shape index (κ3) is 53.6. The molecular weight excluding hydrogens is 1000 g/mol. The van der Waals surface area contributed by atoms with E-state index in [0.29, 0.717) is 19.3 Å². The molecule has 0 saturated heterocycles. The number of ether oxygens (including phenoxy) is 3. The van der Waals surface area contributed by atoms with Crippen molar-refractivity contribution >= 4 is 33.6 Å². The predicted octanol–water partition coefficient (Wildman–Crippen LogP) is 14.7. The van der Waals surface area contributed by atoms with Crippen LogP contribution in [0, 0.1) is 0 Å². The summed E-state index contributed by atoms with van der Waals surface area (Å²) in [5.41, 5.74) is 0. The molecule has 0 bridgehead atoms. The SMILES string of the molecule is CCCCCC/C=C\CCCCCCCC(=O)OCC(O)COP(=O)(O)OCC(O)COP(=O)(O)OCC(COC(=O)CCCCCCC/C=C\CCCCCC)OC(=O)CCCCCCC/C=C\CCCCCC. The van der Waals surface area contributed by atoms with Gasteiger partial charge in [0.25, 0.3) is 0 Å². The quantitative estimate of drug-likeness (QED) is 0.0146. The highest BCUT2D eigenvalue weighted by atomic mass is 31.2. The summed E-state index contributed by atoms with van der Waals surface area (Å²) in [5.74, 6) is -1.59. The van der Waals surface area contributed by atoms with Gasteiger partial charge < -0.3 is 34.2 Å². The molecule has 75 heavy (non-hydrogen) atoms. The van der Waals surface area contributed by atoms with Gasteiger partial charge in [-0.2, -0.15) is 0 Å². The molecule has 0 heterocycles. The largest absolute Gasteiger partial charge is 0.472 e. The molecular formula is C57H106O16P2. The Kier molecular flexibility index (Phi) is 50.9. The van der Waals surface area contributed by atoms with E-state index in [4.69, 9.17) is 32.3 Å². The minimum absolute atomic E-state index is 0.0966. The van der Waals surface area contributed by atoms with Crippen LogP contribution in [0.25, 0.3) is 0 Å². The monoisotopic (exact) mass is 1110 g/mol. The van der Waals surface area contributed by atoms with E-state index in [1.807, 2.05) is 0 Å². The van der Waals surface area contributed by atoms with Gasteiger partial charge in [-0.25, -0.2) is 9.13 Å². The van der Waals surface area contributed by atoms with Gasteiger partial charge in [0.1, 0.15) is 25.4 Å². The second kappa shape index (κ2) is 52.5. The summed E-state index contributed by atoms with van der Waals surface area (Å²) >= 11 is 0. The average Bonchev–Trinajstić information content (AvgIpc) is 3.38. The molecule has 0 spiro atoms. The van der Waals surface area contributed by atoms with Gasteiger partial charge in [-0.1, -0.05) is 173 Å². The van der Waals surface area contributed by atoms with E-state index in [1.54, 1.807) is 0 Å². The fourth-order valence-corrected chi connectivity index (χ4v) is 9.31. The molecule has 0 radical (unpaired) electrons. The Bertz CT molecular complexity index is 1540. The second-order valence-corrected chi connectivity index (χ2v) is 22.7. The zero-order valence-corrected chi connectivity index (χ0v) is 48.8. The van der Waals surface area contributed by atoms with Crippen molar-refractivity contribution in [3.63, 3.8) is 0 Å². The molecule has 440 valence electrons. The fraction of sp³-hybridized carbons (Fsp3) is 0.842. The Balaban J connectivity index is 4.72. The third-order valence-electron chi connectivity index (χ3n) is 12.3. The van der Waals surface area contributed by atoms with Crippen molar-refractivity contribution in [2.45, 2.75) is 270 Å². The van der Waals surface area contributed by atoms with Crippen LogP contribution in [0.3, 0.4) is 0 Å². The first-order chi connectivity index (χ1) is 36.2. The lowest BCUT2D eigenvalue weighted by Crippen LogP contribution is -2.30. The van der Waals surface area contributed by atoms with Crippen LogP contribution in [0.15, 0.2) is 36.5 Å². The lowest BCUT2D eigenvalue weighted by Gasteiger charge is -2.21. The van der Waals surface area contributed by atoms with Gasteiger partial charge >= 0.3 is 33.6 Å². The number of rotatable bonds is 56. The fourth-order valence-electron chi connectivity index (χ4n) is 7.73. The number of carbonyl (C=O) groups excluding carboxylic acids is 3. The number of phosphoric acid groups is 2. The van der Waals surface area contributed by atoms with Crippen molar-refractivity contribution < 1.29 is 75.8 Å². The molecule has 0 aliphatic rings. The number of unbranched alkanes of at least 4 members (excludes halogenated alkanes) is 27. The summed E-state index contributed by atoms with van der Waals surface area (Å²) in [6.07, 6.45) is 45.1. The van der Waals surface area contributed by atoms with E-state index in [9.17, 15) is 43.5 Å². The first-order valence-corrected chi connectivity index (χ1v) is 32.3. The van der Waals surface area contributed by atoms with Crippen LogP contribution in [-0.4, -0.2) is 95.9 Å². The van der Waals surface area contributed by atoms with Crippen molar-refractivity contribution in [2.24, 2.45) is 0 Å². The van der Waals surface area contributed by atoms with Crippen molar-refractivity contribution in [1.82, 2.24) is 0 Å². The Morgan fingerprint density at radius 1 is 0.360 bits per heavy atom. The number of aliphatic hydroxyl groups is 2. The summed E-state index contributed by atoms with van der Waals surface area (Å²) in [4.78, 5) is 57.9. The van der Waals surface area contributed by atoms with Gasteiger partial charge in [0.15, 0.2) is 6.10 Å². The van der Waals surface area contributed by atoms with E-state index in [-0.39, 0.29) is 19.3 Å². The summed E-state index contributed by atoms with van der Waals surface area (Å²) in [5, 5.41) is 20.4. The Labute approximate surface area is 454 Å². The second-order valence-electron chi connectivity index (χ2n) is 19.8. The zero-order valence-electron chi connectivity index (χ0n) is 47.0. The number of allylic oxidation sites excluding steroid dienone is 6. The van der Waals surface area contributed by atoms with Crippen molar-refractivity contribution in [1.29, 1.82) is 0 Å². The minimum atomic E-state index is -4.91. The number of hydrogen-bond acceptors (Lipinski definition) is 14. The normalized spacial score (nSPS) is 14.8. The Morgan fingerprint density at radius 2 is 0.627 bits per heavy atom. The Morgan fingerprint density at radius 3 is 0.973 bits per heavy atom. The van der Waals surface area contributed by atoms with E-state index in [0.717, 1.165) is 116 Å². The molecule has 0 saturated carbocycles. The minimum Gasteiger partial charge on any atom is -0.463 e. The van der Waals surface area contributed by atoms with E-state index >= 15 is 0 Å². The van der Waals surface area contributed by atoms with Gasteiger partial charge in [-0.05, 0) is 96.3 Å². The molecule has 0 aromatic rings. The van der Waals surface area contributed by atoms with Gasteiger partial charge in [0.05, 0.1) is 26.4 Å². The summed E-state index contributed by atoms with van der Waals surface area (Å²) in [6, 6.07) is 0. The topological polar surface area (TPSA) is 231 Å². The maximum absolute atomic E-state index is 12.8. The molecule has 0 aromatic carbocycles. The highest BCUT2D eigenvalue weighted by molar-refractivity contribution is 7.47. The average molecular weight is 1110 g/mol. The smallest absolute Gasteiger partial charge is 0.463 e. The highest BCUT2D eigenvalue weighted by Gasteiger charge is 2.29. The molecule has 18 heteroatoms. The van der Waals surface area contributed by atoms with Crippen LogP contribution in [0.4, 0.5) is 0 Å². The van der Waals surface area contributed by atoms with E-state index in [2.05, 4.69) is 57.2 Å². The maximum atomic E-state index is 12.8. The van der Waals surface area contributed by atoms with Crippen molar-refractivity contribution in [2.75, 3.05) is 39.6 Å². The van der Waals surface area contributed by atoms with E-state index in [1.165, 1.54) is 77.0 Å². The molecule has 0 aromatic heterocycles. The van der Waals surface area contributed by atoms with Crippen LogP contribution in [0.2, 0.25) is 0 Å². The predicted molar refractivity (Wildman–Crippen MR) is 298 cm³/mol. The lowest BCUT2D eigenvalue weighted by atomic mass is 10.1. The molecule has 4 N–H and O–H groups in total. The number of hydrogen-bond donors (Lipinski definition) is 4. The van der Waals surface area contributed by atoms with Crippen molar-refractivity contribution in [3.05, 3.63) is 36.5 Å². The van der Waals surface area contributed by atoms with Crippen LogP contribution < -0.4 is 0 Å². The molecule has 0 aliphatic heterocycles. The molecule has 5 unspecified atom stereocenters. The first kappa shape index (κ1) is 72.8. The van der Waals surface area contributed by atoms with Crippen LogP contribution in [0.1, 0.15) is 252 Å². The van der Waals surface area contributed by atoms with Gasteiger partial charge in [0.2, 0.25) is 0 Å². The number of esters is 3. The highest BCUT2D eigenvalue weighted by Crippen LogP contribution is 2.45. The molecule has 0 amide bonds. The van der Waals surface area contributed by atoms with Gasteiger partial charge in [-0.15, -0.1) is 0 Å². The zero-order chi connectivity index (χ0) is 55.4. The maximum Gasteiger partial charge on any atom is 0.472 e. The van der Waals surface area contributed by atoms with Crippen LogP contribution >= 0.6 is 15.6 Å². The summed E-state index contributed by atoms with van der Waals surface area (Å²) in [7, 11) is -9.74. The number of aliphatic hydroxyl groups excluding tert-OH is 2. The van der Waals surface area contributed by atoms with Crippen LogP contribution in [0.5, 0.6) is 0 Å². The Hall–Kier alpha value is -2.23. The first-order valence-electron chi connectivity index (χ1n) is 29.3. The number of carbonyl (C=O) groups is 3. The molecule has 0 fully saturated rings. The van der Waals surface area contributed by atoms with Gasteiger partial charge in [-0.3, -0.25) is 32.5 Å². The lowest BCUT2D eigenvalue weighted by molar-refractivity contribution is -0.161. The van der Waals surface area contributed by atoms with E-state index < -0.39 is 91.5 Å². The number of phosphoric ester groups is 2. The van der Waals surface area contributed by atoms with Crippen molar-refractivity contribution in [3.8, 4) is 0 Å². The van der Waals surface area contributed by atoms with Crippen LogP contribution in [-0.2, 0) is 55.8 Å².